The second-order valence-electron chi connectivity index (χ2n) is 4.57. The molecule has 0 spiro atoms. The van der Waals surface area contributed by atoms with E-state index < -0.39 is 6.04 Å². The van der Waals surface area contributed by atoms with Crippen molar-refractivity contribution in [3.63, 3.8) is 0 Å². The Balaban J connectivity index is 2.49. The molecule has 2 aromatic rings. The molecular formula is C15H14Cl3FN2. The summed E-state index contributed by atoms with van der Waals surface area (Å²) in [6.07, 6.45) is 2.42. The molecule has 1 N–H and O–H groups in total. The summed E-state index contributed by atoms with van der Waals surface area (Å²) < 4.78 is 13.5. The normalized spacial score (nSPS) is 12.4. The van der Waals surface area contributed by atoms with E-state index in [0.29, 0.717) is 26.3 Å². The lowest BCUT2D eigenvalue weighted by atomic mass is 10.0. The molecule has 0 aliphatic rings. The van der Waals surface area contributed by atoms with Crippen LogP contribution >= 0.6 is 34.8 Å². The van der Waals surface area contributed by atoms with Gasteiger partial charge < -0.3 is 5.32 Å². The van der Waals surface area contributed by atoms with Crippen molar-refractivity contribution in [2.45, 2.75) is 19.4 Å². The van der Waals surface area contributed by atoms with Gasteiger partial charge in [0.15, 0.2) is 0 Å². The Kier molecular flexibility index (Phi) is 5.82. The molecule has 112 valence electrons. The number of rotatable bonds is 5. The van der Waals surface area contributed by atoms with Gasteiger partial charge in [-0.25, -0.2) is 4.39 Å². The predicted octanol–water partition coefficient (Wildman–Crippen LogP) is 5.27. The summed E-state index contributed by atoms with van der Waals surface area (Å²) in [4.78, 5) is 4.27. The van der Waals surface area contributed by atoms with E-state index in [4.69, 9.17) is 34.8 Å². The largest absolute Gasteiger partial charge is 0.305 e. The van der Waals surface area contributed by atoms with Crippen LogP contribution in [0.2, 0.25) is 15.1 Å². The molecule has 1 atom stereocenters. The molecular weight excluding hydrogens is 334 g/mol. The van der Waals surface area contributed by atoms with Gasteiger partial charge in [0.25, 0.3) is 0 Å². The molecule has 1 heterocycles. The molecule has 21 heavy (non-hydrogen) atoms. The van der Waals surface area contributed by atoms with E-state index in [1.807, 2.05) is 6.92 Å². The minimum absolute atomic E-state index is 0.359. The highest BCUT2D eigenvalue weighted by molar-refractivity contribution is 6.35. The van der Waals surface area contributed by atoms with Crippen molar-refractivity contribution in [3.05, 3.63) is 62.6 Å². The topological polar surface area (TPSA) is 24.9 Å². The summed E-state index contributed by atoms with van der Waals surface area (Å²) >= 11 is 18.3. The van der Waals surface area contributed by atoms with Crippen LogP contribution in [-0.2, 0) is 0 Å². The SMILES string of the molecule is CCCNC(c1cc(F)ccc1Cl)c1ncc(Cl)cc1Cl. The van der Waals surface area contributed by atoms with Gasteiger partial charge in [-0.05, 0) is 42.8 Å². The van der Waals surface area contributed by atoms with Gasteiger partial charge in [-0.2, -0.15) is 0 Å². The van der Waals surface area contributed by atoms with Gasteiger partial charge in [-0.1, -0.05) is 41.7 Å². The zero-order valence-electron chi connectivity index (χ0n) is 11.3. The van der Waals surface area contributed by atoms with E-state index in [1.54, 1.807) is 6.07 Å². The number of aromatic nitrogens is 1. The van der Waals surface area contributed by atoms with Crippen molar-refractivity contribution in [2.75, 3.05) is 6.54 Å². The number of pyridine rings is 1. The molecule has 2 rings (SSSR count). The number of benzene rings is 1. The van der Waals surface area contributed by atoms with Gasteiger partial charge in [0.2, 0.25) is 0 Å². The van der Waals surface area contributed by atoms with Crippen molar-refractivity contribution in [2.24, 2.45) is 0 Å². The molecule has 0 radical (unpaired) electrons. The second kappa shape index (κ2) is 7.41. The van der Waals surface area contributed by atoms with Crippen LogP contribution in [0.3, 0.4) is 0 Å². The maximum atomic E-state index is 13.5. The van der Waals surface area contributed by atoms with Crippen LogP contribution in [-0.4, -0.2) is 11.5 Å². The first kappa shape index (κ1) is 16.5. The molecule has 1 aromatic heterocycles. The summed E-state index contributed by atoms with van der Waals surface area (Å²) in [6.45, 7) is 2.76. The molecule has 0 aliphatic carbocycles. The summed E-state index contributed by atoms with van der Waals surface area (Å²) in [5.74, 6) is -0.359. The van der Waals surface area contributed by atoms with Gasteiger partial charge in [0.05, 0.1) is 21.8 Å². The Hall–Kier alpha value is -0.870. The molecule has 6 heteroatoms. The number of nitrogens with zero attached hydrogens (tertiary/aromatic N) is 1. The molecule has 1 aromatic carbocycles. The van der Waals surface area contributed by atoms with Crippen LogP contribution in [0.1, 0.15) is 30.6 Å². The third-order valence-electron chi connectivity index (χ3n) is 2.98. The molecule has 1 unspecified atom stereocenters. The van der Waals surface area contributed by atoms with E-state index in [0.717, 1.165) is 13.0 Å². The van der Waals surface area contributed by atoms with E-state index in [2.05, 4.69) is 10.3 Å². The van der Waals surface area contributed by atoms with E-state index >= 15 is 0 Å². The molecule has 0 saturated carbocycles. The molecule has 0 amide bonds. The van der Waals surface area contributed by atoms with Crippen molar-refractivity contribution in [3.8, 4) is 0 Å². The first-order chi connectivity index (χ1) is 10.0. The third-order valence-corrected chi connectivity index (χ3v) is 3.83. The van der Waals surface area contributed by atoms with Crippen LogP contribution in [0.4, 0.5) is 4.39 Å². The fraction of sp³-hybridized carbons (Fsp3) is 0.267. The zero-order chi connectivity index (χ0) is 15.4. The van der Waals surface area contributed by atoms with Crippen LogP contribution in [0.5, 0.6) is 0 Å². The Bertz CT molecular complexity index is 634. The van der Waals surface area contributed by atoms with Gasteiger partial charge in [-0.3, -0.25) is 4.98 Å². The average molecular weight is 348 g/mol. The fourth-order valence-corrected chi connectivity index (χ4v) is 2.73. The number of hydrogen-bond acceptors (Lipinski definition) is 2. The van der Waals surface area contributed by atoms with E-state index in [1.165, 1.54) is 24.4 Å². The van der Waals surface area contributed by atoms with Crippen LogP contribution in [0.15, 0.2) is 30.5 Å². The zero-order valence-corrected chi connectivity index (χ0v) is 13.6. The van der Waals surface area contributed by atoms with Crippen molar-refractivity contribution in [1.29, 1.82) is 0 Å². The highest BCUT2D eigenvalue weighted by atomic mass is 35.5. The van der Waals surface area contributed by atoms with Crippen LogP contribution in [0, 0.1) is 5.82 Å². The lowest BCUT2D eigenvalue weighted by Crippen LogP contribution is -2.25. The maximum Gasteiger partial charge on any atom is 0.123 e. The Morgan fingerprint density at radius 2 is 1.95 bits per heavy atom. The third kappa shape index (κ3) is 4.07. The Labute approximate surface area is 138 Å². The lowest BCUT2D eigenvalue weighted by molar-refractivity contribution is 0.576. The van der Waals surface area contributed by atoms with Crippen LogP contribution in [0.25, 0.3) is 0 Å². The second-order valence-corrected chi connectivity index (χ2v) is 5.82. The van der Waals surface area contributed by atoms with Gasteiger partial charge >= 0.3 is 0 Å². The molecule has 0 aliphatic heterocycles. The Morgan fingerprint density at radius 1 is 1.19 bits per heavy atom. The molecule has 0 fully saturated rings. The summed E-state index contributed by atoms with van der Waals surface area (Å²) in [5.41, 5.74) is 1.17. The quantitative estimate of drug-likeness (QED) is 0.797. The van der Waals surface area contributed by atoms with Crippen molar-refractivity contribution in [1.82, 2.24) is 10.3 Å². The highest BCUT2D eigenvalue weighted by Crippen LogP contribution is 2.32. The summed E-state index contributed by atoms with van der Waals surface area (Å²) in [7, 11) is 0. The minimum atomic E-state index is -0.391. The van der Waals surface area contributed by atoms with E-state index in [9.17, 15) is 4.39 Å². The Morgan fingerprint density at radius 3 is 2.62 bits per heavy atom. The minimum Gasteiger partial charge on any atom is -0.305 e. The van der Waals surface area contributed by atoms with Crippen LogP contribution < -0.4 is 5.32 Å². The van der Waals surface area contributed by atoms with Gasteiger partial charge in [0, 0.05) is 11.2 Å². The number of nitrogens with one attached hydrogen (secondary N) is 1. The first-order valence-electron chi connectivity index (χ1n) is 6.52. The summed E-state index contributed by atoms with van der Waals surface area (Å²) in [5, 5.41) is 4.61. The van der Waals surface area contributed by atoms with E-state index in [-0.39, 0.29) is 5.82 Å². The standard InChI is InChI=1S/C15H14Cl3FN2/c1-2-5-20-14(11-7-10(19)3-4-12(11)17)15-13(18)6-9(16)8-21-15/h3-4,6-8,14,20H,2,5H2,1H3. The van der Waals surface area contributed by atoms with Gasteiger partial charge in [0.1, 0.15) is 5.82 Å². The van der Waals surface area contributed by atoms with Crippen molar-refractivity contribution >= 4 is 34.8 Å². The maximum absolute atomic E-state index is 13.5. The number of hydrogen-bond donors (Lipinski definition) is 1. The van der Waals surface area contributed by atoms with Crippen molar-refractivity contribution < 1.29 is 4.39 Å². The predicted molar refractivity (Wildman–Crippen MR) is 85.8 cm³/mol. The molecule has 2 nitrogen and oxygen atoms in total. The fourth-order valence-electron chi connectivity index (χ4n) is 2.02. The number of halogens is 4. The smallest absolute Gasteiger partial charge is 0.123 e. The molecule has 0 bridgehead atoms. The average Bonchev–Trinajstić information content (AvgIpc) is 2.44. The van der Waals surface area contributed by atoms with Gasteiger partial charge in [-0.15, -0.1) is 0 Å². The monoisotopic (exact) mass is 346 g/mol. The summed E-state index contributed by atoms with van der Waals surface area (Å²) in [6, 6.07) is 5.45. The molecule has 0 saturated heterocycles. The first-order valence-corrected chi connectivity index (χ1v) is 7.65. The highest BCUT2D eigenvalue weighted by Gasteiger charge is 2.21. The lowest BCUT2D eigenvalue weighted by Gasteiger charge is -2.21.